The molecule has 0 N–H and O–H groups in total. The predicted octanol–water partition coefficient (Wildman–Crippen LogP) is 1.76. The third kappa shape index (κ3) is 2.40. The minimum absolute atomic E-state index is 0.0298. The van der Waals surface area contributed by atoms with E-state index in [0.29, 0.717) is 18.6 Å². The molecule has 23 heavy (non-hydrogen) atoms. The molecule has 0 radical (unpaired) electrons. The van der Waals surface area contributed by atoms with Crippen molar-refractivity contribution in [3.63, 3.8) is 0 Å². The normalized spacial score (nSPS) is 11.3. The van der Waals surface area contributed by atoms with E-state index in [1.54, 1.807) is 11.1 Å². The third-order valence-electron chi connectivity index (χ3n) is 4.31. The zero-order valence-corrected chi connectivity index (χ0v) is 13.6. The van der Waals surface area contributed by atoms with Gasteiger partial charge in [0.15, 0.2) is 0 Å². The number of aryl methyl sites for hydroxylation is 1. The Bertz CT molecular complexity index is 935. The Hall–Kier alpha value is -2.63. The zero-order valence-electron chi connectivity index (χ0n) is 13.6. The number of hydrogen-bond acceptors (Lipinski definition) is 3. The van der Waals surface area contributed by atoms with Crippen LogP contribution in [0.25, 0.3) is 21.8 Å². The Morgan fingerprint density at radius 1 is 1.17 bits per heavy atom. The molecule has 6 heteroatoms. The van der Waals surface area contributed by atoms with E-state index in [1.807, 2.05) is 49.7 Å². The fraction of sp³-hybridized carbons (Fsp3) is 0.353. The molecule has 0 bridgehead atoms. The fourth-order valence-electron chi connectivity index (χ4n) is 3.03. The Kier molecular flexibility index (Phi) is 3.90. The maximum absolute atomic E-state index is 12.8. The van der Waals surface area contributed by atoms with Gasteiger partial charge in [-0.05, 0) is 19.9 Å². The predicted molar refractivity (Wildman–Crippen MR) is 90.4 cm³/mol. The van der Waals surface area contributed by atoms with Crippen molar-refractivity contribution in [3.8, 4) is 0 Å². The number of aromatic nitrogens is 3. The Labute approximate surface area is 133 Å². The van der Waals surface area contributed by atoms with Crippen LogP contribution in [0.2, 0.25) is 0 Å². The highest BCUT2D eigenvalue weighted by atomic mass is 16.2. The Morgan fingerprint density at radius 3 is 2.57 bits per heavy atom. The maximum Gasteiger partial charge on any atom is 0.291 e. The standard InChI is InChI=1S/C17H20N4O2/c1-4-20(5-2)15(22)11-21-17(23)16-13(10-18-21)12-8-6-7-9-14(12)19(16)3/h6-10H,4-5,11H2,1-3H3. The van der Waals surface area contributed by atoms with Gasteiger partial charge in [0.25, 0.3) is 5.56 Å². The van der Waals surface area contributed by atoms with E-state index in [2.05, 4.69) is 5.10 Å². The van der Waals surface area contributed by atoms with Gasteiger partial charge in [0.2, 0.25) is 5.91 Å². The summed E-state index contributed by atoms with van der Waals surface area (Å²) in [7, 11) is 1.86. The van der Waals surface area contributed by atoms with Gasteiger partial charge in [-0.25, -0.2) is 4.68 Å². The third-order valence-corrected chi connectivity index (χ3v) is 4.31. The first kappa shape index (κ1) is 15.3. The molecule has 3 aromatic rings. The molecule has 0 fully saturated rings. The van der Waals surface area contributed by atoms with Crippen molar-refractivity contribution in [2.24, 2.45) is 7.05 Å². The molecule has 0 saturated carbocycles. The molecule has 0 spiro atoms. The van der Waals surface area contributed by atoms with Crippen LogP contribution >= 0.6 is 0 Å². The lowest BCUT2D eigenvalue weighted by molar-refractivity contribution is -0.131. The molecule has 0 unspecified atom stereocenters. The van der Waals surface area contributed by atoms with E-state index in [9.17, 15) is 9.59 Å². The van der Waals surface area contributed by atoms with Crippen LogP contribution in [0.4, 0.5) is 0 Å². The molecule has 2 aromatic heterocycles. The molecule has 0 aliphatic rings. The van der Waals surface area contributed by atoms with Gasteiger partial charge in [-0.3, -0.25) is 9.59 Å². The molecule has 6 nitrogen and oxygen atoms in total. The van der Waals surface area contributed by atoms with Gasteiger partial charge in [0.05, 0.1) is 6.20 Å². The summed E-state index contributed by atoms with van der Waals surface area (Å²) in [6.45, 7) is 5.06. The van der Waals surface area contributed by atoms with Crippen molar-refractivity contribution in [2.75, 3.05) is 13.1 Å². The number of likely N-dealkylation sites (N-methyl/N-ethyl adjacent to an activating group) is 1. The van der Waals surface area contributed by atoms with E-state index < -0.39 is 0 Å². The molecule has 0 atom stereocenters. The topological polar surface area (TPSA) is 60.1 Å². The minimum Gasteiger partial charge on any atom is -0.342 e. The van der Waals surface area contributed by atoms with Crippen LogP contribution in [0.1, 0.15) is 13.8 Å². The van der Waals surface area contributed by atoms with Crippen LogP contribution in [-0.4, -0.2) is 38.2 Å². The molecule has 1 amide bonds. The largest absolute Gasteiger partial charge is 0.342 e. The van der Waals surface area contributed by atoms with Gasteiger partial charge in [-0.15, -0.1) is 0 Å². The second-order valence-corrected chi connectivity index (χ2v) is 5.51. The molecule has 0 saturated heterocycles. The number of benzene rings is 1. The Balaban J connectivity index is 2.13. The number of para-hydroxylation sites is 1. The van der Waals surface area contributed by atoms with Crippen molar-refractivity contribution >= 4 is 27.7 Å². The summed E-state index contributed by atoms with van der Waals surface area (Å²) in [6, 6.07) is 7.83. The molecular formula is C17H20N4O2. The lowest BCUT2D eigenvalue weighted by Gasteiger charge is -2.18. The van der Waals surface area contributed by atoms with Crippen molar-refractivity contribution in [1.82, 2.24) is 19.2 Å². The van der Waals surface area contributed by atoms with Gasteiger partial charge < -0.3 is 9.47 Å². The van der Waals surface area contributed by atoms with Crippen molar-refractivity contribution in [1.29, 1.82) is 0 Å². The van der Waals surface area contributed by atoms with Crippen molar-refractivity contribution in [3.05, 3.63) is 40.8 Å². The Morgan fingerprint density at radius 2 is 1.87 bits per heavy atom. The smallest absolute Gasteiger partial charge is 0.291 e. The number of amides is 1. The second kappa shape index (κ2) is 5.87. The fourth-order valence-corrected chi connectivity index (χ4v) is 3.03. The summed E-state index contributed by atoms with van der Waals surface area (Å²) in [5.41, 5.74) is 1.32. The SMILES string of the molecule is CCN(CC)C(=O)Cn1ncc2c3ccccc3n(C)c2c1=O. The summed E-state index contributed by atoms with van der Waals surface area (Å²) >= 11 is 0. The van der Waals surface area contributed by atoms with Crippen LogP contribution in [0.15, 0.2) is 35.3 Å². The van der Waals surface area contributed by atoms with Crippen LogP contribution in [0.5, 0.6) is 0 Å². The highest BCUT2D eigenvalue weighted by Crippen LogP contribution is 2.24. The van der Waals surface area contributed by atoms with Gasteiger partial charge >= 0.3 is 0 Å². The number of fused-ring (bicyclic) bond motifs is 3. The summed E-state index contributed by atoms with van der Waals surface area (Å²) in [6.07, 6.45) is 1.68. The zero-order chi connectivity index (χ0) is 16.6. The number of hydrogen-bond donors (Lipinski definition) is 0. The summed E-state index contributed by atoms with van der Waals surface area (Å²) < 4.78 is 3.12. The molecule has 3 rings (SSSR count). The van der Waals surface area contributed by atoms with E-state index in [-0.39, 0.29) is 18.0 Å². The van der Waals surface area contributed by atoms with Crippen molar-refractivity contribution in [2.45, 2.75) is 20.4 Å². The number of carbonyl (C=O) groups is 1. The van der Waals surface area contributed by atoms with Crippen LogP contribution in [-0.2, 0) is 18.4 Å². The first-order chi connectivity index (χ1) is 11.1. The average molecular weight is 312 g/mol. The number of rotatable bonds is 4. The van der Waals surface area contributed by atoms with E-state index in [4.69, 9.17) is 0 Å². The molecule has 2 heterocycles. The summed E-state index contributed by atoms with van der Waals surface area (Å²) in [5.74, 6) is -0.0947. The monoisotopic (exact) mass is 312 g/mol. The molecule has 0 aliphatic heterocycles. The van der Waals surface area contributed by atoms with Gasteiger partial charge in [0.1, 0.15) is 12.1 Å². The van der Waals surface area contributed by atoms with E-state index >= 15 is 0 Å². The highest BCUT2D eigenvalue weighted by Gasteiger charge is 2.16. The quantitative estimate of drug-likeness (QED) is 0.737. The summed E-state index contributed by atoms with van der Waals surface area (Å²) in [5, 5.41) is 6.02. The number of carbonyl (C=O) groups excluding carboxylic acids is 1. The lowest BCUT2D eigenvalue weighted by Crippen LogP contribution is -2.37. The number of nitrogens with zero attached hydrogens (tertiary/aromatic N) is 4. The average Bonchev–Trinajstić information content (AvgIpc) is 2.85. The van der Waals surface area contributed by atoms with Gasteiger partial charge in [-0.2, -0.15) is 5.10 Å². The van der Waals surface area contributed by atoms with E-state index in [0.717, 1.165) is 16.3 Å². The first-order valence-electron chi connectivity index (χ1n) is 7.79. The molecule has 120 valence electrons. The van der Waals surface area contributed by atoms with Gasteiger partial charge in [0, 0.05) is 36.4 Å². The second-order valence-electron chi connectivity index (χ2n) is 5.51. The van der Waals surface area contributed by atoms with E-state index in [1.165, 1.54) is 4.68 Å². The minimum atomic E-state index is -0.235. The van der Waals surface area contributed by atoms with Crippen LogP contribution in [0.3, 0.4) is 0 Å². The molecular weight excluding hydrogens is 292 g/mol. The van der Waals surface area contributed by atoms with Gasteiger partial charge in [-0.1, -0.05) is 18.2 Å². The van der Waals surface area contributed by atoms with Crippen LogP contribution < -0.4 is 5.56 Å². The molecule has 0 aliphatic carbocycles. The molecule has 1 aromatic carbocycles. The van der Waals surface area contributed by atoms with Crippen LogP contribution in [0, 0.1) is 0 Å². The first-order valence-corrected chi connectivity index (χ1v) is 7.79. The summed E-state index contributed by atoms with van der Waals surface area (Å²) in [4.78, 5) is 26.7. The van der Waals surface area contributed by atoms with Crippen molar-refractivity contribution < 1.29 is 4.79 Å². The lowest BCUT2D eigenvalue weighted by atomic mass is 10.2. The maximum atomic E-state index is 12.8. The highest BCUT2D eigenvalue weighted by molar-refractivity contribution is 6.07.